The molecule has 1 nitrogen and oxygen atoms in total. The van der Waals surface area contributed by atoms with Crippen molar-refractivity contribution in [3.8, 4) is 0 Å². The summed E-state index contributed by atoms with van der Waals surface area (Å²) in [5.74, 6) is -0.204. The van der Waals surface area contributed by atoms with Crippen LogP contribution in [0.1, 0.15) is 38.7 Å². The lowest BCUT2D eigenvalue weighted by Crippen LogP contribution is -2.15. The number of benzene rings is 1. The minimum Gasteiger partial charge on any atom is -0.382 e. The maximum atomic E-state index is 13.2. The normalized spacial score (nSPS) is 12.6. The van der Waals surface area contributed by atoms with Gasteiger partial charge in [0.2, 0.25) is 0 Å². The highest BCUT2D eigenvalue weighted by atomic mass is 79.9. The lowest BCUT2D eigenvalue weighted by atomic mass is 10.1. The van der Waals surface area contributed by atoms with E-state index in [2.05, 4.69) is 35.1 Å². The summed E-state index contributed by atoms with van der Waals surface area (Å²) in [6.07, 6.45) is 3.57. The van der Waals surface area contributed by atoms with Crippen LogP contribution in [0.25, 0.3) is 0 Å². The molecule has 0 bridgehead atoms. The van der Waals surface area contributed by atoms with Gasteiger partial charge in [-0.2, -0.15) is 0 Å². The molecule has 0 spiro atoms. The number of anilines is 1. The minimum atomic E-state index is -0.204. The molecule has 0 heterocycles. The molecule has 0 amide bonds. The summed E-state index contributed by atoms with van der Waals surface area (Å²) < 4.78 is 13.7. The molecule has 1 unspecified atom stereocenters. The predicted octanol–water partition coefficient (Wildman–Crippen LogP) is 4.89. The second-order valence-corrected chi connectivity index (χ2v) is 5.12. The van der Waals surface area contributed by atoms with Crippen LogP contribution in [-0.2, 0) is 0 Å². The van der Waals surface area contributed by atoms with Crippen molar-refractivity contribution in [3.05, 3.63) is 28.0 Å². The Bertz CT molecular complexity index is 352. The number of unbranched alkanes of at least 4 members (excludes halogenated alkanes) is 1. The van der Waals surface area contributed by atoms with Crippen LogP contribution in [0.2, 0.25) is 0 Å². The topological polar surface area (TPSA) is 12.0 Å². The molecule has 1 atom stereocenters. The average molecular weight is 288 g/mol. The molecule has 1 aromatic rings. The number of aryl methyl sites for hydroxylation is 1. The van der Waals surface area contributed by atoms with Gasteiger partial charge in [-0.15, -0.1) is 0 Å². The zero-order chi connectivity index (χ0) is 12.1. The fourth-order valence-corrected chi connectivity index (χ4v) is 1.99. The van der Waals surface area contributed by atoms with E-state index in [0.29, 0.717) is 10.5 Å². The van der Waals surface area contributed by atoms with Crippen molar-refractivity contribution in [2.45, 2.75) is 46.1 Å². The minimum absolute atomic E-state index is 0.204. The van der Waals surface area contributed by atoms with Crippen molar-refractivity contribution >= 4 is 21.6 Å². The maximum Gasteiger partial charge on any atom is 0.137 e. The monoisotopic (exact) mass is 287 g/mol. The van der Waals surface area contributed by atoms with Gasteiger partial charge in [0.25, 0.3) is 0 Å². The number of hydrogen-bond acceptors (Lipinski definition) is 1. The molecule has 1 rings (SSSR count). The van der Waals surface area contributed by atoms with Gasteiger partial charge in [-0.25, -0.2) is 4.39 Å². The highest BCUT2D eigenvalue weighted by Crippen LogP contribution is 2.25. The highest BCUT2D eigenvalue weighted by Gasteiger charge is 2.07. The SMILES string of the molecule is CCCCC(C)Nc1cc(Br)c(F)cc1C. The Balaban J connectivity index is 2.69. The van der Waals surface area contributed by atoms with Crippen molar-refractivity contribution in [2.24, 2.45) is 0 Å². The Morgan fingerprint density at radius 3 is 2.75 bits per heavy atom. The fraction of sp³-hybridized carbons (Fsp3) is 0.538. The van der Waals surface area contributed by atoms with E-state index in [0.717, 1.165) is 17.7 Å². The van der Waals surface area contributed by atoms with Gasteiger partial charge in [0.05, 0.1) is 4.47 Å². The number of hydrogen-bond donors (Lipinski definition) is 1. The summed E-state index contributed by atoms with van der Waals surface area (Å²) in [5.41, 5.74) is 1.96. The summed E-state index contributed by atoms with van der Waals surface area (Å²) in [6.45, 7) is 6.27. The van der Waals surface area contributed by atoms with Gasteiger partial charge in [0, 0.05) is 11.7 Å². The van der Waals surface area contributed by atoms with Crippen LogP contribution in [0.3, 0.4) is 0 Å². The first-order valence-electron chi connectivity index (χ1n) is 5.76. The molecule has 16 heavy (non-hydrogen) atoms. The molecule has 0 saturated heterocycles. The summed E-state index contributed by atoms with van der Waals surface area (Å²) in [5, 5.41) is 3.42. The maximum absolute atomic E-state index is 13.2. The molecule has 90 valence electrons. The predicted molar refractivity (Wildman–Crippen MR) is 71.4 cm³/mol. The first-order valence-corrected chi connectivity index (χ1v) is 6.56. The van der Waals surface area contributed by atoms with Gasteiger partial charge in [0.1, 0.15) is 5.82 Å². The van der Waals surface area contributed by atoms with E-state index < -0.39 is 0 Å². The third-order valence-electron chi connectivity index (χ3n) is 2.66. The smallest absolute Gasteiger partial charge is 0.137 e. The molecule has 3 heteroatoms. The molecule has 0 radical (unpaired) electrons. The molecule has 1 N–H and O–H groups in total. The summed E-state index contributed by atoms with van der Waals surface area (Å²) in [4.78, 5) is 0. The van der Waals surface area contributed by atoms with E-state index in [1.807, 2.05) is 13.0 Å². The van der Waals surface area contributed by atoms with Crippen LogP contribution in [-0.4, -0.2) is 6.04 Å². The second kappa shape index (κ2) is 6.24. The third-order valence-corrected chi connectivity index (χ3v) is 3.27. The molecule has 0 aliphatic carbocycles. The Labute approximate surface area is 106 Å². The largest absolute Gasteiger partial charge is 0.382 e. The van der Waals surface area contributed by atoms with Gasteiger partial charge in [-0.05, 0) is 53.9 Å². The lowest BCUT2D eigenvalue weighted by Gasteiger charge is -2.17. The Morgan fingerprint density at radius 2 is 2.12 bits per heavy atom. The van der Waals surface area contributed by atoms with Crippen molar-refractivity contribution in [1.82, 2.24) is 0 Å². The van der Waals surface area contributed by atoms with Crippen molar-refractivity contribution in [1.29, 1.82) is 0 Å². The molecule has 0 aliphatic heterocycles. The molecular formula is C13H19BrFN. The van der Waals surface area contributed by atoms with Crippen molar-refractivity contribution in [2.75, 3.05) is 5.32 Å². The molecule has 1 aromatic carbocycles. The highest BCUT2D eigenvalue weighted by molar-refractivity contribution is 9.10. The summed E-state index contributed by atoms with van der Waals surface area (Å²) >= 11 is 3.21. The summed E-state index contributed by atoms with van der Waals surface area (Å²) in [6, 6.07) is 3.79. The Kier molecular flexibility index (Phi) is 5.26. The van der Waals surface area contributed by atoms with Crippen LogP contribution in [0.15, 0.2) is 16.6 Å². The second-order valence-electron chi connectivity index (χ2n) is 4.27. The molecule has 0 saturated carbocycles. The Hall–Kier alpha value is -0.570. The molecule has 0 aromatic heterocycles. The fourth-order valence-electron chi connectivity index (χ4n) is 1.65. The van der Waals surface area contributed by atoms with E-state index in [1.54, 1.807) is 6.07 Å². The van der Waals surface area contributed by atoms with E-state index in [-0.39, 0.29) is 5.82 Å². The third kappa shape index (κ3) is 3.78. The zero-order valence-electron chi connectivity index (χ0n) is 10.1. The van der Waals surface area contributed by atoms with E-state index >= 15 is 0 Å². The number of nitrogens with one attached hydrogen (secondary N) is 1. The van der Waals surface area contributed by atoms with Gasteiger partial charge < -0.3 is 5.32 Å². The molecular weight excluding hydrogens is 269 g/mol. The van der Waals surface area contributed by atoms with E-state index in [9.17, 15) is 4.39 Å². The Morgan fingerprint density at radius 1 is 1.44 bits per heavy atom. The van der Waals surface area contributed by atoms with E-state index in [1.165, 1.54) is 12.8 Å². The van der Waals surface area contributed by atoms with Crippen LogP contribution in [0, 0.1) is 12.7 Å². The zero-order valence-corrected chi connectivity index (χ0v) is 11.7. The lowest BCUT2D eigenvalue weighted by molar-refractivity contribution is 0.618. The van der Waals surface area contributed by atoms with Crippen molar-refractivity contribution in [3.63, 3.8) is 0 Å². The quantitative estimate of drug-likeness (QED) is 0.813. The first kappa shape index (κ1) is 13.5. The van der Waals surface area contributed by atoms with Crippen LogP contribution in [0.4, 0.5) is 10.1 Å². The summed E-state index contributed by atoms with van der Waals surface area (Å²) in [7, 11) is 0. The molecule has 0 aliphatic rings. The van der Waals surface area contributed by atoms with Gasteiger partial charge >= 0.3 is 0 Å². The average Bonchev–Trinajstić information content (AvgIpc) is 2.23. The van der Waals surface area contributed by atoms with Crippen LogP contribution in [0.5, 0.6) is 0 Å². The van der Waals surface area contributed by atoms with Crippen molar-refractivity contribution < 1.29 is 4.39 Å². The van der Waals surface area contributed by atoms with Crippen LogP contribution >= 0.6 is 15.9 Å². The van der Waals surface area contributed by atoms with Crippen LogP contribution < -0.4 is 5.32 Å². The number of rotatable bonds is 5. The molecule has 0 fully saturated rings. The number of halogens is 2. The van der Waals surface area contributed by atoms with Gasteiger partial charge in [0.15, 0.2) is 0 Å². The van der Waals surface area contributed by atoms with Gasteiger partial charge in [-0.3, -0.25) is 0 Å². The van der Waals surface area contributed by atoms with E-state index in [4.69, 9.17) is 0 Å². The first-order chi connectivity index (χ1) is 7.54. The standard InChI is InChI=1S/C13H19BrFN/c1-4-5-6-10(3)16-13-8-11(14)12(15)7-9(13)2/h7-8,10,16H,4-6H2,1-3H3. The van der Waals surface area contributed by atoms with Gasteiger partial charge in [-0.1, -0.05) is 19.8 Å².